The molecule has 0 aliphatic rings. The van der Waals surface area contributed by atoms with Crippen molar-refractivity contribution in [3.05, 3.63) is 34.6 Å². The zero-order chi connectivity index (χ0) is 10.8. The fourth-order valence-electron chi connectivity index (χ4n) is 1.19. The Morgan fingerprint density at radius 1 is 1.50 bits per heavy atom. The molecule has 0 unspecified atom stereocenters. The smallest absolute Gasteiger partial charge is 0.123 e. The lowest BCUT2D eigenvalue weighted by Crippen LogP contribution is -2.12. The molecule has 0 aliphatic carbocycles. The number of hydrogen-bond acceptors (Lipinski definition) is 1. The SMILES string of the molecule is CC(C)(C#N)Cc1cc(F)ccc1Cl. The second-order valence-electron chi connectivity index (χ2n) is 3.91. The van der Waals surface area contributed by atoms with Crippen LogP contribution in [0.5, 0.6) is 0 Å². The molecule has 1 aromatic carbocycles. The van der Waals surface area contributed by atoms with Crippen molar-refractivity contribution < 1.29 is 4.39 Å². The molecule has 0 atom stereocenters. The predicted octanol–water partition coefficient (Wildman–Crippen LogP) is 3.57. The highest BCUT2D eigenvalue weighted by Gasteiger charge is 2.19. The first-order valence-corrected chi connectivity index (χ1v) is 4.67. The number of nitriles is 1. The minimum atomic E-state index is -0.516. The Kier molecular flexibility index (Phi) is 3.13. The van der Waals surface area contributed by atoms with Gasteiger partial charge in [0.05, 0.1) is 11.5 Å². The summed E-state index contributed by atoms with van der Waals surface area (Å²) in [5.41, 5.74) is 0.162. The zero-order valence-corrected chi connectivity index (χ0v) is 8.90. The Bertz CT molecular complexity index is 379. The van der Waals surface area contributed by atoms with Gasteiger partial charge in [0.1, 0.15) is 5.82 Å². The Balaban J connectivity index is 2.98. The van der Waals surface area contributed by atoms with E-state index in [1.54, 1.807) is 13.8 Å². The molecule has 0 fully saturated rings. The molecule has 0 N–H and O–H groups in total. The molecule has 0 bridgehead atoms. The number of nitrogens with zero attached hydrogens (tertiary/aromatic N) is 1. The Labute approximate surface area is 88.1 Å². The second-order valence-corrected chi connectivity index (χ2v) is 4.32. The lowest BCUT2D eigenvalue weighted by Gasteiger charge is -2.15. The van der Waals surface area contributed by atoms with Gasteiger partial charge in [-0.15, -0.1) is 0 Å². The maximum atomic E-state index is 12.9. The number of halogens is 2. The van der Waals surface area contributed by atoms with Crippen molar-refractivity contribution in [3.8, 4) is 6.07 Å². The van der Waals surface area contributed by atoms with Crippen molar-refractivity contribution >= 4 is 11.6 Å². The topological polar surface area (TPSA) is 23.8 Å². The van der Waals surface area contributed by atoms with Gasteiger partial charge in [0.2, 0.25) is 0 Å². The highest BCUT2D eigenvalue weighted by atomic mass is 35.5. The van der Waals surface area contributed by atoms with E-state index in [-0.39, 0.29) is 5.82 Å². The van der Waals surface area contributed by atoms with Crippen molar-refractivity contribution in [1.29, 1.82) is 5.26 Å². The molecule has 1 aromatic rings. The third kappa shape index (κ3) is 2.71. The molecular formula is C11H11ClFN. The van der Waals surface area contributed by atoms with E-state index >= 15 is 0 Å². The van der Waals surface area contributed by atoms with Gasteiger partial charge in [-0.1, -0.05) is 11.6 Å². The highest BCUT2D eigenvalue weighted by Crippen LogP contribution is 2.26. The van der Waals surface area contributed by atoms with Gasteiger partial charge in [0.15, 0.2) is 0 Å². The van der Waals surface area contributed by atoms with Crippen LogP contribution in [0.2, 0.25) is 5.02 Å². The van der Waals surface area contributed by atoms with E-state index < -0.39 is 5.41 Å². The van der Waals surface area contributed by atoms with Crippen LogP contribution in [0.4, 0.5) is 4.39 Å². The van der Waals surface area contributed by atoms with E-state index in [1.807, 2.05) is 0 Å². The maximum Gasteiger partial charge on any atom is 0.123 e. The zero-order valence-electron chi connectivity index (χ0n) is 8.14. The van der Waals surface area contributed by atoms with Gasteiger partial charge in [-0.05, 0) is 44.0 Å². The lowest BCUT2D eigenvalue weighted by molar-refractivity contribution is 0.491. The molecule has 0 heterocycles. The lowest BCUT2D eigenvalue weighted by atomic mass is 9.87. The van der Waals surface area contributed by atoms with Crippen LogP contribution in [0.15, 0.2) is 18.2 Å². The van der Waals surface area contributed by atoms with E-state index in [0.29, 0.717) is 17.0 Å². The average Bonchev–Trinajstić information content (AvgIpc) is 2.11. The van der Waals surface area contributed by atoms with Gasteiger partial charge in [-0.2, -0.15) is 5.26 Å². The van der Waals surface area contributed by atoms with Crippen molar-refractivity contribution in [1.82, 2.24) is 0 Å². The molecule has 0 saturated carbocycles. The fraction of sp³-hybridized carbons (Fsp3) is 0.364. The predicted molar refractivity (Wildman–Crippen MR) is 54.5 cm³/mol. The average molecular weight is 212 g/mol. The Hall–Kier alpha value is -1.07. The van der Waals surface area contributed by atoms with Crippen molar-refractivity contribution in [2.45, 2.75) is 20.3 Å². The van der Waals surface area contributed by atoms with Crippen LogP contribution in [-0.2, 0) is 6.42 Å². The standard InChI is InChI=1S/C11H11ClFN/c1-11(2,7-14)6-8-5-9(13)3-4-10(8)12/h3-5H,6H2,1-2H3. The first-order valence-electron chi connectivity index (χ1n) is 4.30. The summed E-state index contributed by atoms with van der Waals surface area (Å²) in [7, 11) is 0. The number of hydrogen-bond donors (Lipinski definition) is 0. The third-order valence-corrected chi connectivity index (χ3v) is 2.31. The van der Waals surface area contributed by atoms with Gasteiger partial charge in [-0.25, -0.2) is 4.39 Å². The number of benzene rings is 1. The van der Waals surface area contributed by atoms with Crippen molar-refractivity contribution in [3.63, 3.8) is 0 Å². The van der Waals surface area contributed by atoms with E-state index in [9.17, 15) is 4.39 Å². The normalized spacial score (nSPS) is 11.1. The molecule has 0 radical (unpaired) electrons. The maximum absolute atomic E-state index is 12.9. The van der Waals surface area contributed by atoms with Crippen LogP contribution in [0, 0.1) is 22.6 Å². The van der Waals surface area contributed by atoms with Gasteiger partial charge in [-0.3, -0.25) is 0 Å². The first-order chi connectivity index (χ1) is 6.44. The van der Waals surface area contributed by atoms with Gasteiger partial charge in [0, 0.05) is 5.02 Å². The molecule has 1 rings (SSSR count). The summed E-state index contributed by atoms with van der Waals surface area (Å²) in [6, 6.07) is 6.36. The quantitative estimate of drug-likeness (QED) is 0.734. The highest BCUT2D eigenvalue weighted by molar-refractivity contribution is 6.31. The van der Waals surface area contributed by atoms with Crippen LogP contribution < -0.4 is 0 Å². The van der Waals surface area contributed by atoms with Crippen LogP contribution in [-0.4, -0.2) is 0 Å². The van der Waals surface area contributed by atoms with Crippen LogP contribution in [0.1, 0.15) is 19.4 Å². The molecule has 0 amide bonds. The van der Waals surface area contributed by atoms with Crippen LogP contribution in [0.25, 0.3) is 0 Å². The van der Waals surface area contributed by atoms with Crippen LogP contribution >= 0.6 is 11.6 Å². The summed E-state index contributed by atoms with van der Waals surface area (Å²) >= 11 is 5.88. The molecule has 74 valence electrons. The monoisotopic (exact) mass is 211 g/mol. The summed E-state index contributed by atoms with van der Waals surface area (Å²) < 4.78 is 12.9. The van der Waals surface area contributed by atoms with Gasteiger partial charge < -0.3 is 0 Å². The largest absolute Gasteiger partial charge is 0.207 e. The third-order valence-electron chi connectivity index (χ3n) is 1.94. The molecule has 0 aliphatic heterocycles. The molecule has 0 spiro atoms. The van der Waals surface area contributed by atoms with Gasteiger partial charge >= 0.3 is 0 Å². The molecule has 0 saturated heterocycles. The first kappa shape index (κ1) is 11.0. The molecule has 3 heteroatoms. The molecule has 0 aromatic heterocycles. The van der Waals surface area contributed by atoms with E-state index in [4.69, 9.17) is 16.9 Å². The van der Waals surface area contributed by atoms with E-state index in [0.717, 1.165) is 0 Å². The van der Waals surface area contributed by atoms with Gasteiger partial charge in [0.25, 0.3) is 0 Å². The minimum Gasteiger partial charge on any atom is -0.207 e. The molecular weight excluding hydrogens is 201 g/mol. The number of rotatable bonds is 2. The van der Waals surface area contributed by atoms with Crippen molar-refractivity contribution in [2.75, 3.05) is 0 Å². The molecule has 14 heavy (non-hydrogen) atoms. The fourth-order valence-corrected chi connectivity index (χ4v) is 1.38. The second kappa shape index (κ2) is 3.98. The summed E-state index contributed by atoms with van der Waals surface area (Å²) in [5, 5.41) is 9.34. The minimum absolute atomic E-state index is 0.321. The Morgan fingerprint density at radius 2 is 2.14 bits per heavy atom. The van der Waals surface area contributed by atoms with E-state index in [2.05, 4.69) is 6.07 Å². The Morgan fingerprint density at radius 3 is 2.71 bits per heavy atom. The van der Waals surface area contributed by atoms with E-state index in [1.165, 1.54) is 18.2 Å². The summed E-state index contributed by atoms with van der Waals surface area (Å²) in [4.78, 5) is 0. The van der Waals surface area contributed by atoms with Crippen molar-refractivity contribution in [2.24, 2.45) is 5.41 Å². The summed E-state index contributed by atoms with van der Waals surface area (Å²) in [5.74, 6) is -0.321. The summed E-state index contributed by atoms with van der Waals surface area (Å²) in [6.45, 7) is 3.60. The van der Waals surface area contributed by atoms with Crippen LogP contribution in [0.3, 0.4) is 0 Å². The molecule has 1 nitrogen and oxygen atoms in total. The summed E-state index contributed by atoms with van der Waals surface area (Å²) in [6.07, 6.45) is 0.458.